The van der Waals surface area contributed by atoms with Crippen molar-refractivity contribution in [1.82, 2.24) is 4.98 Å². The van der Waals surface area contributed by atoms with Crippen molar-refractivity contribution in [2.24, 2.45) is 5.92 Å². The van der Waals surface area contributed by atoms with Crippen LogP contribution in [0, 0.1) is 12.8 Å². The first-order valence-corrected chi connectivity index (χ1v) is 10.6. The summed E-state index contributed by atoms with van der Waals surface area (Å²) in [4.78, 5) is 6.85. The van der Waals surface area contributed by atoms with E-state index >= 15 is 0 Å². The van der Waals surface area contributed by atoms with Gasteiger partial charge in [-0.15, -0.1) is 0 Å². The molecule has 0 radical (unpaired) electrons. The number of hydrogen-bond acceptors (Lipinski definition) is 3. The van der Waals surface area contributed by atoms with E-state index in [9.17, 15) is 13.2 Å². The summed E-state index contributed by atoms with van der Waals surface area (Å²) in [5, 5.41) is 3.55. The first-order chi connectivity index (χ1) is 14.3. The molecule has 2 unspecified atom stereocenters. The molecule has 1 aromatic carbocycles. The van der Waals surface area contributed by atoms with E-state index in [4.69, 9.17) is 0 Å². The molecule has 2 heterocycles. The summed E-state index contributed by atoms with van der Waals surface area (Å²) in [6.07, 6.45) is 1.58. The molecule has 1 aromatic heterocycles. The average molecular weight is 416 g/mol. The lowest BCUT2D eigenvalue weighted by molar-refractivity contribution is -0.0937. The van der Waals surface area contributed by atoms with Crippen LogP contribution in [0.5, 0.6) is 0 Å². The Hall–Kier alpha value is -2.50. The van der Waals surface area contributed by atoms with Gasteiger partial charge in [-0.3, -0.25) is 0 Å². The molecule has 1 aliphatic carbocycles. The Labute approximate surface area is 176 Å². The fourth-order valence-electron chi connectivity index (χ4n) is 4.52. The van der Waals surface area contributed by atoms with Gasteiger partial charge in [-0.2, -0.15) is 13.2 Å². The number of aryl methyl sites for hydroxylation is 2. The second-order valence-electron chi connectivity index (χ2n) is 8.53. The van der Waals surface area contributed by atoms with Crippen LogP contribution < -0.4 is 10.2 Å². The maximum atomic E-state index is 13.0. The highest BCUT2D eigenvalue weighted by molar-refractivity contribution is 5.71. The van der Waals surface area contributed by atoms with Crippen LogP contribution in [-0.2, 0) is 6.42 Å². The molecule has 160 valence electrons. The number of aromatic nitrogens is 1. The molecule has 0 saturated heterocycles. The molecule has 0 saturated carbocycles. The second-order valence-corrected chi connectivity index (χ2v) is 8.53. The first-order valence-electron chi connectivity index (χ1n) is 10.6. The normalized spacial score (nSPS) is 20.0. The van der Waals surface area contributed by atoms with Gasteiger partial charge in [-0.1, -0.05) is 35.9 Å². The fraction of sp³-hybridized carbons (Fsp3) is 0.458. The second kappa shape index (κ2) is 8.32. The van der Waals surface area contributed by atoms with Gasteiger partial charge in [0.05, 0.1) is 11.7 Å². The largest absolute Gasteiger partial charge is 0.412 e. The zero-order chi connectivity index (χ0) is 21.3. The van der Waals surface area contributed by atoms with Crippen molar-refractivity contribution in [3.63, 3.8) is 0 Å². The van der Waals surface area contributed by atoms with Crippen molar-refractivity contribution in [2.75, 3.05) is 23.3 Å². The predicted octanol–water partition coefficient (Wildman–Crippen LogP) is 6.21. The van der Waals surface area contributed by atoms with E-state index in [1.54, 1.807) is 0 Å². The van der Waals surface area contributed by atoms with Gasteiger partial charge < -0.3 is 10.2 Å². The van der Waals surface area contributed by atoms with Crippen LogP contribution in [0.1, 0.15) is 48.9 Å². The van der Waals surface area contributed by atoms with Crippen molar-refractivity contribution < 1.29 is 13.2 Å². The third-order valence-corrected chi connectivity index (χ3v) is 6.18. The van der Waals surface area contributed by atoms with Crippen LogP contribution in [0.3, 0.4) is 0 Å². The topological polar surface area (TPSA) is 28.2 Å². The molecule has 3 nitrogen and oxygen atoms in total. The van der Waals surface area contributed by atoms with Crippen LogP contribution in [-0.4, -0.2) is 24.2 Å². The van der Waals surface area contributed by atoms with Gasteiger partial charge in [0.25, 0.3) is 0 Å². The van der Waals surface area contributed by atoms with E-state index in [0.717, 1.165) is 30.9 Å². The highest BCUT2D eigenvalue weighted by Gasteiger charge is 2.38. The van der Waals surface area contributed by atoms with Crippen molar-refractivity contribution >= 4 is 11.5 Å². The van der Waals surface area contributed by atoms with Crippen LogP contribution >= 0.6 is 0 Å². The quantitative estimate of drug-likeness (QED) is 0.588. The Morgan fingerprint density at radius 2 is 1.97 bits per heavy atom. The van der Waals surface area contributed by atoms with E-state index in [2.05, 4.69) is 53.3 Å². The number of anilines is 2. The standard InChI is InChI=1S/C24H28F3N3/c1-16-5-8-19(9-6-16)17(2)29-23-22-20(11-12-28-23)4-3-13-30(22)15-18-7-10-21(14-18)24(25,26)27/h5-6,8-12,17-18H,3-4,7,13-15H2,1-2H3,(H,28,29). The fourth-order valence-corrected chi connectivity index (χ4v) is 4.52. The molecule has 6 heteroatoms. The number of nitrogens with one attached hydrogen (secondary N) is 1. The third kappa shape index (κ3) is 4.47. The summed E-state index contributed by atoms with van der Waals surface area (Å²) < 4.78 is 39.1. The number of allylic oxidation sites excluding steroid dienone is 2. The van der Waals surface area contributed by atoms with Gasteiger partial charge in [-0.05, 0) is 62.6 Å². The number of alkyl halides is 3. The molecule has 4 rings (SSSR count). The predicted molar refractivity (Wildman–Crippen MR) is 115 cm³/mol. The molecule has 0 fully saturated rings. The maximum absolute atomic E-state index is 13.0. The molecule has 0 amide bonds. The number of benzene rings is 1. The number of hydrogen-bond donors (Lipinski definition) is 1. The Morgan fingerprint density at radius 3 is 2.67 bits per heavy atom. The lowest BCUT2D eigenvalue weighted by atomic mass is 9.98. The zero-order valence-corrected chi connectivity index (χ0v) is 17.5. The van der Waals surface area contributed by atoms with E-state index in [-0.39, 0.29) is 24.0 Å². The Balaban J connectivity index is 1.52. The number of rotatable bonds is 5. The highest BCUT2D eigenvalue weighted by Crippen LogP contribution is 2.40. The van der Waals surface area contributed by atoms with E-state index < -0.39 is 6.18 Å². The number of nitrogens with zero attached hydrogens (tertiary/aromatic N) is 2. The third-order valence-electron chi connectivity index (χ3n) is 6.18. The average Bonchev–Trinajstić information content (AvgIpc) is 3.18. The maximum Gasteiger partial charge on any atom is 0.412 e. The van der Waals surface area contributed by atoms with Gasteiger partial charge in [0.1, 0.15) is 5.82 Å². The molecular weight excluding hydrogens is 387 g/mol. The Bertz CT molecular complexity index is 918. The summed E-state index contributed by atoms with van der Waals surface area (Å²) in [6, 6.07) is 10.5. The smallest absolute Gasteiger partial charge is 0.368 e. The van der Waals surface area contributed by atoms with Crippen molar-refractivity contribution in [3.05, 3.63) is 64.9 Å². The summed E-state index contributed by atoms with van der Waals surface area (Å²) in [5.41, 5.74) is 4.30. The number of pyridine rings is 1. The Morgan fingerprint density at radius 1 is 1.20 bits per heavy atom. The van der Waals surface area contributed by atoms with Gasteiger partial charge in [-0.25, -0.2) is 4.98 Å². The molecule has 0 bridgehead atoms. The lowest BCUT2D eigenvalue weighted by Crippen LogP contribution is -2.35. The van der Waals surface area contributed by atoms with Gasteiger partial charge in [0, 0.05) is 24.9 Å². The molecule has 2 aromatic rings. The minimum atomic E-state index is -4.20. The minimum absolute atomic E-state index is 0.00449. The van der Waals surface area contributed by atoms with Crippen LogP contribution in [0.15, 0.2) is 48.2 Å². The van der Waals surface area contributed by atoms with E-state index in [0.29, 0.717) is 13.0 Å². The highest BCUT2D eigenvalue weighted by atomic mass is 19.4. The van der Waals surface area contributed by atoms with E-state index in [1.165, 1.54) is 22.8 Å². The van der Waals surface area contributed by atoms with E-state index in [1.807, 2.05) is 12.3 Å². The van der Waals surface area contributed by atoms with Gasteiger partial charge in [0.15, 0.2) is 0 Å². The Kier molecular flexibility index (Phi) is 5.76. The summed E-state index contributed by atoms with van der Waals surface area (Å²) in [6.45, 7) is 5.65. The first kappa shape index (κ1) is 20.8. The van der Waals surface area contributed by atoms with Crippen LogP contribution in [0.2, 0.25) is 0 Å². The molecule has 2 atom stereocenters. The molecule has 0 spiro atoms. The number of halogens is 3. The van der Waals surface area contributed by atoms with Crippen molar-refractivity contribution in [3.8, 4) is 0 Å². The molecule has 1 N–H and O–H groups in total. The molecule has 1 aliphatic heterocycles. The van der Waals surface area contributed by atoms with Gasteiger partial charge >= 0.3 is 6.18 Å². The van der Waals surface area contributed by atoms with Gasteiger partial charge in [0.2, 0.25) is 0 Å². The summed E-state index contributed by atoms with van der Waals surface area (Å²) in [5.74, 6) is 0.817. The zero-order valence-electron chi connectivity index (χ0n) is 17.5. The van der Waals surface area contributed by atoms with Crippen LogP contribution in [0.4, 0.5) is 24.7 Å². The SMILES string of the molecule is Cc1ccc(C(C)Nc2nccc3c2N(CC2CC=C(C(F)(F)F)C2)CCC3)cc1. The lowest BCUT2D eigenvalue weighted by Gasteiger charge is -2.35. The number of fused-ring (bicyclic) bond motifs is 1. The van der Waals surface area contributed by atoms with Crippen molar-refractivity contribution in [1.29, 1.82) is 0 Å². The minimum Gasteiger partial charge on any atom is -0.368 e. The summed E-state index contributed by atoms with van der Waals surface area (Å²) >= 11 is 0. The van der Waals surface area contributed by atoms with Crippen molar-refractivity contribution in [2.45, 2.75) is 51.7 Å². The summed E-state index contributed by atoms with van der Waals surface area (Å²) in [7, 11) is 0. The molecular formula is C24H28F3N3. The molecule has 2 aliphatic rings. The monoisotopic (exact) mass is 415 g/mol. The molecule has 30 heavy (non-hydrogen) atoms. The van der Waals surface area contributed by atoms with Crippen LogP contribution in [0.25, 0.3) is 0 Å².